The Kier molecular flexibility index (Phi) is 13.0. The molecule has 3 saturated heterocycles. The average molecular weight is 998 g/mol. The zero-order valence-corrected chi connectivity index (χ0v) is 35.6. The molecule has 0 spiro atoms. The number of anilines is 3. The lowest BCUT2D eigenvalue weighted by Crippen LogP contribution is -2.38. The number of nitrogen functional groups attached to an aromatic ring is 3. The molecular formula is C29H38N13O21P3. The Morgan fingerprint density at radius 1 is 0.652 bits per heavy atom. The Labute approximate surface area is 364 Å². The standard InChI is InChI=1S/C29H38N13O21P3/c30-12-1-2-40(29(48)37-12)25-16(44)15(43)9(59-25)3-57-65(52,53)63-20-11(61-26(17(20)45)41-7-35-13-21(31)33-6-34-22(13)41)5-58-66(54,55)62-19-10(4-56-64(49,50)51)60-27(18(19)46)42-8-36-14-23(42)38-28(32)39-24(14)47/h1-2,6-11,15-20,25-27,43-46H,3-5H2,(H,52,53)(H,54,55)(H2,30,37,48)(H2,31,33,34)(H2,49,50,51)(H3,32,38,39,47)/t9-,10-,11-,15-,16-,17-,18-,19-,20-,25-,26-,27-/m1/s1. The number of aliphatic hydroxyl groups excluding tert-OH is 4. The average Bonchev–Trinajstić information content (AvgIpc) is 4.04. The summed E-state index contributed by atoms with van der Waals surface area (Å²) in [6.07, 6.45) is -17.5. The van der Waals surface area contributed by atoms with Crippen LogP contribution in [0.4, 0.5) is 17.6 Å². The number of phosphoric ester groups is 3. The molecule has 0 aliphatic carbocycles. The van der Waals surface area contributed by atoms with Crippen molar-refractivity contribution in [3.8, 4) is 0 Å². The summed E-state index contributed by atoms with van der Waals surface area (Å²) >= 11 is 0. The molecule has 5 aromatic heterocycles. The van der Waals surface area contributed by atoms with Gasteiger partial charge in [0.1, 0.15) is 72.6 Å². The predicted molar refractivity (Wildman–Crippen MR) is 210 cm³/mol. The van der Waals surface area contributed by atoms with Crippen molar-refractivity contribution >= 4 is 63.4 Å². The molecule has 37 heteroatoms. The monoisotopic (exact) mass is 997 g/mol. The molecule has 8 heterocycles. The van der Waals surface area contributed by atoms with E-state index >= 15 is 0 Å². The van der Waals surface area contributed by atoms with Crippen LogP contribution in [0, 0.1) is 0 Å². The number of ether oxygens (including phenoxy) is 3. The fourth-order valence-corrected chi connectivity index (χ4v) is 9.47. The summed E-state index contributed by atoms with van der Waals surface area (Å²) in [4.78, 5) is 90.9. The smallest absolute Gasteiger partial charge is 0.387 e. The quantitative estimate of drug-likeness (QED) is 0.0413. The number of H-pyrrole nitrogens is 1. The van der Waals surface area contributed by atoms with Gasteiger partial charge in [-0.2, -0.15) is 9.97 Å². The summed E-state index contributed by atoms with van der Waals surface area (Å²) in [5, 5.41) is 44.1. The number of aromatic nitrogens is 10. The lowest BCUT2D eigenvalue weighted by molar-refractivity contribution is -0.0630. The molecule has 2 unspecified atom stereocenters. The number of phosphoric acid groups is 3. The second kappa shape index (κ2) is 18.0. The molecule has 66 heavy (non-hydrogen) atoms. The summed E-state index contributed by atoms with van der Waals surface area (Å²) in [6, 6.07) is 1.20. The number of fused-ring (bicyclic) bond motifs is 2. The third kappa shape index (κ3) is 9.65. The highest BCUT2D eigenvalue weighted by molar-refractivity contribution is 7.47. The van der Waals surface area contributed by atoms with Gasteiger partial charge in [-0.1, -0.05) is 0 Å². The number of aliphatic hydroxyl groups is 4. The van der Waals surface area contributed by atoms with E-state index in [9.17, 15) is 63.3 Å². The summed E-state index contributed by atoms with van der Waals surface area (Å²) in [5.41, 5.74) is 14.8. The molecule has 5 aromatic rings. The molecular weight excluding hydrogens is 959 g/mol. The third-order valence-electron chi connectivity index (χ3n) is 10.2. The first-order valence-corrected chi connectivity index (χ1v) is 23.2. The van der Waals surface area contributed by atoms with Crippen molar-refractivity contribution < 1.29 is 90.5 Å². The van der Waals surface area contributed by atoms with Crippen LogP contribution < -0.4 is 28.5 Å². The zero-order valence-electron chi connectivity index (χ0n) is 32.9. The van der Waals surface area contributed by atoms with Crippen LogP contribution in [0.15, 0.2) is 40.8 Å². The van der Waals surface area contributed by atoms with Crippen LogP contribution in [-0.4, -0.2) is 163 Å². The molecule has 0 aromatic carbocycles. The summed E-state index contributed by atoms with van der Waals surface area (Å²) in [7, 11) is -16.2. The van der Waals surface area contributed by atoms with Crippen molar-refractivity contribution in [3.05, 3.63) is 52.1 Å². The second-order valence-electron chi connectivity index (χ2n) is 14.5. The van der Waals surface area contributed by atoms with Crippen molar-refractivity contribution in [2.75, 3.05) is 37.0 Å². The number of hydrogen-bond donors (Lipinski definition) is 12. The first kappa shape index (κ1) is 47.7. The van der Waals surface area contributed by atoms with E-state index in [1.165, 1.54) is 6.07 Å². The van der Waals surface area contributed by atoms with E-state index in [4.69, 9.17) is 49.5 Å². The van der Waals surface area contributed by atoms with E-state index < -0.39 is 128 Å². The van der Waals surface area contributed by atoms with Gasteiger partial charge in [0.2, 0.25) is 5.95 Å². The van der Waals surface area contributed by atoms with Crippen molar-refractivity contribution in [2.45, 2.75) is 73.6 Å². The number of aromatic amines is 1. The number of nitrogens with zero attached hydrogens (tertiary/aromatic N) is 9. The Hall–Kier alpha value is -4.77. The summed E-state index contributed by atoms with van der Waals surface area (Å²) < 4.78 is 84.0. The summed E-state index contributed by atoms with van der Waals surface area (Å²) in [6.45, 7) is -3.20. The van der Waals surface area contributed by atoms with Gasteiger partial charge in [0.05, 0.1) is 32.5 Å². The fraction of sp³-hybridized carbons (Fsp3) is 0.517. The van der Waals surface area contributed by atoms with E-state index in [0.29, 0.717) is 0 Å². The highest BCUT2D eigenvalue weighted by atomic mass is 31.2. The Bertz CT molecular complexity index is 2880. The molecule has 3 fully saturated rings. The largest absolute Gasteiger partial charge is 0.472 e. The van der Waals surface area contributed by atoms with Crippen molar-refractivity contribution in [1.82, 2.24) is 48.6 Å². The van der Waals surface area contributed by atoms with Gasteiger partial charge in [-0.15, -0.1) is 0 Å². The van der Waals surface area contributed by atoms with Crippen LogP contribution in [0.25, 0.3) is 22.3 Å². The van der Waals surface area contributed by atoms with E-state index in [-0.39, 0.29) is 39.9 Å². The van der Waals surface area contributed by atoms with Gasteiger partial charge in [0.15, 0.2) is 41.3 Å². The highest BCUT2D eigenvalue weighted by Crippen LogP contribution is 2.53. The van der Waals surface area contributed by atoms with E-state index in [1.54, 1.807) is 0 Å². The Balaban J connectivity index is 1.01. The molecule has 0 bridgehead atoms. The number of imidazole rings is 2. The first-order chi connectivity index (χ1) is 31.0. The lowest BCUT2D eigenvalue weighted by Gasteiger charge is -2.26. The molecule has 3 aliphatic heterocycles. The molecule has 14 atom stereocenters. The lowest BCUT2D eigenvalue weighted by atomic mass is 10.1. The van der Waals surface area contributed by atoms with Gasteiger partial charge in [-0.05, 0) is 6.07 Å². The molecule has 0 amide bonds. The molecule has 15 N–H and O–H groups in total. The first-order valence-electron chi connectivity index (χ1n) is 18.7. The zero-order chi connectivity index (χ0) is 47.6. The van der Waals surface area contributed by atoms with Crippen LogP contribution in [0.3, 0.4) is 0 Å². The number of rotatable bonds is 16. The van der Waals surface area contributed by atoms with Crippen LogP contribution >= 0.6 is 23.5 Å². The third-order valence-corrected chi connectivity index (χ3v) is 12.6. The molecule has 0 saturated carbocycles. The van der Waals surface area contributed by atoms with Crippen LogP contribution in [0.2, 0.25) is 0 Å². The highest BCUT2D eigenvalue weighted by Gasteiger charge is 2.53. The van der Waals surface area contributed by atoms with Gasteiger partial charge in [0.25, 0.3) is 5.56 Å². The van der Waals surface area contributed by atoms with Gasteiger partial charge in [-0.3, -0.25) is 46.1 Å². The van der Waals surface area contributed by atoms with Gasteiger partial charge in [0, 0.05) is 6.20 Å². The number of hydrogen-bond acceptors (Lipinski definition) is 26. The Morgan fingerprint density at radius 2 is 1.18 bits per heavy atom. The molecule has 8 rings (SSSR count). The van der Waals surface area contributed by atoms with Crippen molar-refractivity contribution in [3.63, 3.8) is 0 Å². The van der Waals surface area contributed by atoms with Gasteiger partial charge in [-0.25, -0.2) is 38.4 Å². The SMILES string of the molecule is Nc1ccn([C@@H]2O[C@H](COP(=O)(O)O[C@H]3[C@@H](O)[C@H](n4cnc5c(N)ncnc54)O[C@@H]3COP(=O)(O)O[C@H]3[C@@H](O)[C@H](n4cnc5c(=O)[nH]c(N)nc54)O[C@@H]3COP(=O)(O)O)[C@@H](O)[C@H]2O)c(=O)n1. The maximum Gasteiger partial charge on any atom is 0.472 e. The molecule has 360 valence electrons. The van der Waals surface area contributed by atoms with Crippen LogP contribution in [-0.2, 0) is 50.5 Å². The van der Waals surface area contributed by atoms with E-state index in [1.807, 2.05) is 0 Å². The van der Waals surface area contributed by atoms with Crippen LogP contribution in [0.5, 0.6) is 0 Å². The molecule has 34 nitrogen and oxygen atoms in total. The normalized spacial score (nSPS) is 31.2. The second-order valence-corrected chi connectivity index (χ2v) is 18.6. The maximum atomic E-state index is 13.6. The number of nitrogens with two attached hydrogens (primary N) is 3. The fourth-order valence-electron chi connectivity index (χ4n) is 7.20. The Morgan fingerprint density at radius 3 is 1.77 bits per heavy atom. The minimum absolute atomic E-state index is 0.0242. The molecule has 3 aliphatic rings. The van der Waals surface area contributed by atoms with Gasteiger partial charge >= 0.3 is 29.2 Å². The molecule has 0 radical (unpaired) electrons. The van der Waals surface area contributed by atoms with Crippen LogP contribution in [0.1, 0.15) is 18.7 Å². The summed E-state index contributed by atoms with van der Waals surface area (Å²) in [5.74, 6) is -0.620. The van der Waals surface area contributed by atoms with Crippen molar-refractivity contribution in [2.24, 2.45) is 0 Å². The number of nitrogens with one attached hydrogen (secondary N) is 1. The van der Waals surface area contributed by atoms with Crippen molar-refractivity contribution in [1.29, 1.82) is 0 Å². The minimum Gasteiger partial charge on any atom is -0.387 e. The predicted octanol–water partition coefficient (Wildman–Crippen LogP) is -4.79. The van der Waals surface area contributed by atoms with E-state index in [0.717, 1.165) is 38.9 Å². The topological polar surface area (TPSA) is 507 Å². The minimum atomic E-state index is -5.55. The van der Waals surface area contributed by atoms with Gasteiger partial charge < -0.3 is 71.4 Å². The van der Waals surface area contributed by atoms with E-state index in [2.05, 4.69) is 39.4 Å². The maximum absolute atomic E-state index is 13.6.